The zero-order valence-electron chi connectivity index (χ0n) is 23.0. The van der Waals surface area contributed by atoms with Gasteiger partial charge in [0.2, 0.25) is 5.91 Å². The highest BCUT2D eigenvalue weighted by atomic mass is 35.5. The van der Waals surface area contributed by atoms with Gasteiger partial charge in [0.15, 0.2) is 0 Å². The molecule has 5 atom stereocenters. The Kier molecular flexibility index (Phi) is 10.9. The maximum atomic E-state index is 12.5. The van der Waals surface area contributed by atoms with Gasteiger partial charge in [-0.25, -0.2) is 0 Å². The number of primary amides is 1. The molecular formula is C32H41Cl2N3O2. The zero-order valence-corrected chi connectivity index (χ0v) is 24.6. The van der Waals surface area contributed by atoms with Gasteiger partial charge in [-0.3, -0.25) is 9.69 Å². The fraction of sp³-hybridized carbons (Fsp3) is 0.406. The van der Waals surface area contributed by atoms with Crippen LogP contribution in [0.4, 0.5) is 0 Å². The topological polar surface area (TPSA) is 67.6 Å². The van der Waals surface area contributed by atoms with Crippen LogP contribution in [0.2, 0.25) is 0 Å². The smallest absolute Gasteiger partial charge is 0.222 e. The van der Waals surface area contributed by atoms with Crippen LogP contribution in [0, 0.1) is 11.8 Å². The van der Waals surface area contributed by atoms with Gasteiger partial charge >= 0.3 is 0 Å². The molecule has 3 aliphatic rings. The van der Waals surface area contributed by atoms with Gasteiger partial charge in [0.05, 0.1) is 13.0 Å². The van der Waals surface area contributed by atoms with E-state index in [0.717, 1.165) is 30.8 Å². The quantitative estimate of drug-likeness (QED) is 0.344. The van der Waals surface area contributed by atoms with Crippen molar-refractivity contribution in [3.63, 3.8) is 0 Å². The van der Waals surface area contributed by atoms with Crippen LogP contribution in [0.25, 0.3) is 0 Å². The third kappa shape index (κ3) is 6.44. The summed E-state index contributed by atoms with van der Waals surface area (Å²) in [5.41, 5.74) is 11.0. The monoisotopic (exact) mass is 569 g/mol. The van der Waals surface area contributed by atoms with E-state index in [1.807, 2.05) is 0 Å². The molecule has 5 nitrogen and oxygen atoms in total. The molecule has 0 saturated carbocycles. The lowest BCUT2D eigenvalue weighted by Crippen LogP contribution is -2.68. The molecule has 3 aromatic carbocycles. The van der Waals surface area contributed by atoms with Crippen LogP contribution in [-0.4, -0.2) is 43.1 Å². The van der Waals surface area contributed by atoms with Crippen molar-refractivity contribution in [1.82, 2.24) is 10.2 Å². The van der Waals surface area contributed by atoms with Gasteiger partial charge in [-0.2, -0.15) is 0 Å². The predicted molar refractivity (Wildman–Crippen MR) is 163 cm³/mol. The number of halogens is 2. The summed E-state index contributed by atoms with van der Waals surface area (Å²) in [6, 6.07) is 28.4. The fourth-order valence-electron chi connectivity index (χ4n) is 6.60. The van der Waals surface area contributed by atoms with Crippen LogP contribution in [0.1, 0.15) is 54.4 Å². The first-order valence-electron chi connectivity index (χ1n) is 13.5. The predicted octanol–water partition coefficient (Wildman–Crippen LogP) is 5.76. The number of ether oxygens (including phenoxy) is 1. The Morgan fingerprint density at radius 1 is 0.974 bits per heavy atom. The van der Waals surface area contributed by atoms with Gasteiger partial charge in [0.1, 0.15) is 5.75 Å². The first kappa shape index (κ1) is 31.0. The lowest BCUT2D eigenvalue weighted by Gasteiger charge is -2.56. The number of amides is 1. The van der Waals surface area contributed by atoms with Crippen LogP contribution in [0.3, 0.4) is 0 Å². The molecule has 39 heavy (non-hydrogen) atoms. The first-order chi connectivity index (χ1) is 18.0. The summed E-state index contributed by atoms with van der Waals surface area (Å²) in [6.07, 6.45) is 0.973. The van der Waals surface area contributed by atoms with E-state index in [2.05, 4.69) is 103 Å². The van der Waals surface area contributed by atoms with Gasteiger partial charge in [0.25, 0.3) is 0 Å². The van der Waals surface area contributed by atoms with E-state index in [1.165, 1.54) is 16.7 Å². The lowest BCUT2D eigenvalue weighted by atomic mass is 9.66. The Morgan fingerprint density at radius 3 is 2.13 bits per heavy atom. The molecule has 0 radical (unpaired) electrons. The van der Waals surface area contributed by atoms with E-state index in [0.29, 0.717) is 12.5 Å². The van der Waals surface area contributed by atoms with Crippen LogP contribution in [-0.2, 0) is 11.3 Å². The SMILES string of the molecule is COc1ccc(C(C)C)cc1CN[C@@H]1[C@@H]2CCN(C[C@H]2C(N)=O)[C@H]1C(c1ccccc1)c1ccccc1.Cl.Cl. The van der Waals surface area contributed by atoms with E-state index < -0.39 is 0 Å². The standard InChI is InChI=1S/C32H39N3O2.2ClH/c1-21(2)24-14-15-28(37-3)25(18-24)19-34-30-26-16-17-35(20-27(26)32(33)36)31(30)29(22-10-6-4-7-11-22)23-12-8-5-9-13-23;;/h4-15,18,21,26-27,29-31,34H,16-17,19-20H2,1-3H3,(H2,33,36);2*1H/t26-,27-,30-,31+;;/m1../s1. The summed E-state index contributed by atoms with van der Waals surface area (Å²) in [6.45, 7) is 6.82. The highest BCUT2D eigenvalue weighted by Gasteiger charge is 2.51. The molecule has 0 aromatic heterocycles. The second-order valence-corrected chi connectivity index (χ2v) is 10.9. The Morgan fingerprint density at radius 2 is 1.59 bits per heavy atom. The summed E-state index contributed by atoms with van der Waals surface area (Å²) in [5.74, 6) is 1.38. The fourth-order valence-corrected chi connectivity index (χ4v) is 6.60. The molecule has 210 valence electrons. The number of piperidine rings is 3. The van der Waals surface area contributed by atoms with Gasteiger partial charge in [-0.15, -0.1) is 24.8 Å². The van der Waals surface area contributed by atoms with Gasteiger partial charge in [-0.05, 0) is 47.6 Å². The molecule has 1 amide bonds. The van der Waals surface area contributed by atoms with E-state index >= 15 is 0 Å². The molecule has 3 saturated heterocycles. The maximum absolute atomic E-state index is 12.5. The first-order valence-corrected chi connectivity index (χ1v) is 13.5. The molecule has 3 aromatic rings. The average molecular weight is 571 g/mol. The molecule has 2 bridgehead atoms. The molecule has 3 heterocycles. The highest BCUT2D eigenvalue weighted by Crippen LogP contribution is 2.44. The molecule has 6 rings (SSSR count). The summed E-state index contributed by atoms with van der Waals surface area (Å²) in [7, 11) is 1.73. The van der Waals surface area contributed by atoms with E-state index in [1.54, 1.807) is 7.11 Å². The molecular weight excluding hydrogens is 529 g/mol. The average Bonchev–Trinajstić information content (AvgIpc) is 2.93. The van der Waals surface area contributed by atoms with E-state index in [-0.39, 0.29) is 60.6 Å². The minimum Gasteiger partial charge on any atom is -0.496 e. The Balaban J connectivity index is 0.00000210. The van der Waals surface area contributed by atoms with Crippen molar-refractivity contribution in [3.05, 3.63) is 101 Å². The maximum Gasteiger partial charge on any atom is 0.222 e. The number of hydrogen-bond donors (Lipinski definition) is 2. The van der Waals surface area contributed by atoms with E-state index in [4.69, 9.17) is 10.5 Å². The largest absolute Gasteiger partial charge is 0.496 e. The summed E-state index contributed by atoms with van der Waals surface area (Å²) in [5, 5.41) is 3.94. The third-order valence-corrected chi connectivity index (χ3v) is 8.47. The molecule has 0 spiro atoms. The minimum absolute atomic E-state index is 0. The summed E-state index contributed by atoms with van der Waals surface area (Å²) in [4.78, 5) is 15.1. The van der Waals surface area contributed by atoms with Crippen LogP contribution in [0.15, 0.2) is 78.9 Å². The molecule has 3 aliphatic heterocycles. The van der Waals surface area contributed by atoms with E-state index in [9.17, 15) is 4.79 Å². The minimum atomic E-state index is -0.185. The van der Waals surface area contributed by atoms with Crippen LogP contribution in [0.5, 0.6) is 5.75 Å². The Hall–Kier alpha value is -2.57. The number of fused-ring (bicyclic) bond motifs is 3. The number of rotatable bonds is 9. The van der Waals surface area contributed by atoms with Crippen molar-refractivity contribution >= 4 is 30.7 Å². The Labute approximate surface area is 245 Å². The molecule has 3 N–H and O–H groups in total. The third-order valence-electron chi connectivity index (χ3n) is 8.47. The van der Waals surface area contributed by atoms with Crippen molar-refractivity contribution in [1.29, 1.82) is 0 Å². The summed E-state index contributed by atoms with van der Waals surface area (Å²) < 4.78 is 5.73. The number of hydrogen-bond acceptors (Lipinski definition) is 4. The number of nitrogens with zero attached hydrogens (tertiary/aromatic N) is 1. The number of carbonyl (C=O) groups is 1. The number of nitrogens with one attached hydrogen (secondary N) is 1. The lowest BCUT2D eigenvalue weighted by molar-refractivity contribution is -0.132. The number of methoxy groups -OCH3 is 1. The van der Waals surface area contributed by atoms with Crippen molar-refractivity contribution in [3.8, 4) is 5.75 Å². The molecule has 1 unspecified atom stereocenters. The second kappa shape index (κ2) is 13.7. The molecule has 7 heteroatoms. The molecule has 3 fully saturated rings. The number of nitrogens with two attached hydrogens (primary N) is 1. The molecule has 0 aliphatic carbocycles. The van der Waals surface area contributed by atoms with Gasteiger partial charge in [0, 0.05) is 36.7 Å². The normalized spacial score (nSPS) is 23.7. The zero-order chi connectivity index (χ0) is 25.9. The van der Waals surface area contributed by atoms with Crippen LogP contribution >= 0.6 is 24.8 Å². The highest BCUT2D eigenvalue weighted by molar-refractivity contribution is 5.85. The van der Waals surface area contributed by atoms with Crippen molar-refractivity contribution in [2.24, 2.45) is 17.6 Å². The van der Waals surface area contributed by atoms with Crippen LogP contribution < -0.4 is 15.8 Å². The van der Waals surface area contributed by atoms with Crippen molar-refractivity contribution in [2.45, 2.75) is 50.7 Å². The second-order valence-electron chi connectivity index (χ2n) is 10.9. The Bertz CT molecular complexity index is 1170. The summed E-state index contributed by atoms with van der Waals surface area (Å²) >= 11 is 0. The van der Waals surface area contributed by atoms with Gasteiger partial charge in [-0.1, -0.05) is 86.6 Å². The van der Waals surface area contributed by atoms with Crippen molar-refractivity contribution in [2.75, 3.05) is 20.2 Å². The number of benzene rings is 3. The van der Waals surface area contributed by atoms with Gasteiger partial charge < -0.3 is 15.8 Å². The number of carbonyl (C=O) groups excluding carboxylic acids is 1. The van der Waals surface area contributed by atoms with Crippen molar-refractivity contribution < 1.29 is 9.53 Å².